The van der Waals surface area contributed by atoms with E-state index < -0.39 is 11.7 Å². The third-order valence-corrected chi connectivity index (χ3v) is 4.32. The summed E-state index contributed by atoms with van der Waals surface area (Å²) in [5, 5.41) is 8.58. The fourth-order valence-corrected chi connectivity index (χ4v) is 3.15. The Morgan fingerprint density at radius 2 is 2.00 bits per heavy atom. The number of hydrogen-bond acceptors (Lipinski definition) is 4. The van der Waals surface area contributed by atoms with E-state index in [0.717, 1.165) is 25.7 Å². The van der Waals surface area contributed by atoms with Crippen LogP contribution in [0.25, 0.3) is 0 Å². The maximum absolute atomic E-state index is 12.3. The molecule has 1 aliphatic carbocycles. The molecule has 0 radical (unpaired) electrons. The van der Waals surface area contributed by atoms with Gasteiger partial charge in [0.2, 0.25) is 0 Å². The number of hydrogen-bond donors (Lipinski definition) is 3. The van der Waals surface area contributed by atoms with Crippen molar-refractivity contribution in [3.05, 3.63) is 24.5 Å². The molecule has 0 aromatic carbocycles. The highest BCUT2D eigenvalue weighted by Gasteiger charge is 2.26. The lowest BCUT2D eigenvalue weighted by atomic mass is 9.84. The molecule has 1 heterocycles. The molecule has 7 heteroatoms. The van der Waals surface area contributed by atoms with E-state index in [1.807, 2.05) is 20.8 Å². The van der Waals surface area contributed by atoms with Gasteiger partial charge in [-0.25, -0.2) is 9.59 Å². The first-order chi connectivity index (χ1) is 12.3. The SMILES string of the molecule is CC(C)(C)OC(=O)NCC(NC(=O)Nc1cccnc1)C1CCCCC1. The Kier molecular flexibility index (Phi) is 7.24. The Labute approximate surface area is 155 Å². The number of ether oxygens (including phenoxy) is 1. The van der Waals surface area contributed by atoms with Crippen molar-refractivity contribution in [2.75, 3.05) is 11.9 Å². The number of urea groups is 1. The summed E-state index contributed by atoms with van der Waals surface area (Å²) in [6.45, 7) is 5.82. The summed E-state index contributed by atoms with van der Waals surface area (Å²) in [6.07, 6.45) is 8.41. The van der Waals surface area contributed by atoms with Crippen molar-refractivity contribution in [2.45, 2.75) is 64.5 Å². The largest absolute Gasteiger partial charge is 0.444 e. The van der Waals surface area contributed by atoms with Crippen LogP contribution in [0, 0.1) is 5.92 Å². The van der Waals surface area contributed by atoms with Crippen LogP contribution in [0.1, 0.15) is 52.9 Å². The lowest BCUT2D eigenvalue weighted by molar-refractivity contribution is 0.0516. The summed E-state index contributed by atoms with van der Waals surface area (Å²) in [5.74, 6) is 0.346. The molecule has 0 aliphatic heterocycles. The molecule has 1 aromatic rings. The van der Waals surface area contributed by atoms with Gasteiger partial charge < -0.3 is 20.7 Å². The van der Waals surface area contributed by atoms with Crippen LogP contribution in [0.4, 0.5) is 15.3 Å². The monoisotopic (exact) mass is 362 g/mol. The summed E-state index contributed by atoms with van der Waals surface area (Å²) >= 11 is 0. The molecule has 1 saturated carbocycles. The zero-order valence-corrected chi connectivity index (χ0v) is 15.9. The minimum atomic E-state index is -0.546. The van der Waals surface area contributed by atoms with Crippen molar-refractivity contribution in [3.63, 3.8) is 0 Å². The number of nitrogens with zero attached hydrogens (tertiary/aromatic N) is 1. The Bertz CT molecular complexity index is 580. The number of carbonyl (C=O) groups is 2. The number of alkyl carbamates (subject to hydrolysis) is 1. The lowest BCUT2D eigenvalue weighted by Gasteiger charge is -2.31. The molecular weight excluding hydrogens is 332 g/mol. The topological polar surface area (TPSA) is 92.4 Å². The number of nitrogens with one attached hydrogen (secondary N) is 3. The van der Waals surface area contributed by atoms with E-state index in [4.69, 9.17) is 4.74 Å². The molecule has 1 fully saturated rings. The van der Waals surface area contributed by atoms with Gasteiger partial charge in [0.05, 0.1) is 17.9 Å². The third-order valence-electron chi connectivity index (χ3n) is 4.32. The van der Waals surface area contributed by atoms with Crippen LogP contribution >= 0.6 is 0 Å². The van der Waals surface area contributed by atoms with E-state index in [0.29, 0.717) is 18.2 Å². The van der Waals surface area contributed by atoms with Gasteiger partial charge in [-0.1, -0.05) is 19.3 Å². The van der Waals surface area contributed by atoms with Gasteiger partial charge >= 0.3 is 12.1 Å². The van der Waals surface area contributed by atoms with Crippen molar-refractivity contribution < 1.29 is 14.3 Å². The maximum atomic E-state index is 12.3. The standard InChI is InChI=1S/C19H30N4O3/c1-19(2,3)26-18(25)21-13-16(14-8-5-4-6-9-14)23-17(24)22-15-10-7-11-20-12-15/h7,10-12,14,16H,4-6,8-9,13H2,1-3H3,(H,21,25)(H2,22,23,24). The summed E-state index contributed by atoms with van der Waals surface area (Å²) in [6, 6.07) is 3.11. The molecule has 3 amide bonds. The van der Waals surface area contributed by atoms with Crippen LogP contribution in [0.15, 0.2) is 24.5 Å². The van der Waals surface area contributed by atoms with Gasteiger partial charge in [0.1, 0.15) is 5.60 Å². The van der Waals surface area contributed by atoms with Crippen LogP contribution in [-0.2, 0) is 4.74 Å². The van der Waals surface area contributed by atoms with Crippen LogP contribution < -0.4 is 16.0 Å². The Balaban J connectivity index is 1.92. The van der Waals surface area contributed by atoms with Gasteiger partial charge in [-0.3, -0.25) is 4.98 Å². The zero-order valence-electron chi connectivity index (χ0n) is 15.9. The molecule has 0 saturated heterocycles. The Morgan fingerprint density at radius 3 is 2.62 bits per heavy atom. The summed E-state index contributed by atoms with van der Waals surface area (Å²) in [7, 11) is 0. The van der Waals surface area contributed by atoms with E-state index in [1.165, 1.54) is 6.42 Å². The molecule has 7 nitrogen and oxygen atoms in total. The molecule has 1 unspecified atom stereocenters. The normalized spacial score (nSPS) is 16.4. The lowest BCUT2D eigenvalue weighted by Crippen LogP contribution is -2.50. The first-order valence-corrected chi connectivity index (χ1v) is 9.28. The highest BCUT2D eigenvalue weighted by Crippen LogP contribution is 2.26. The quantitative estimate of drug-likeness (QED) is 0.745. The van der Waals surface area contributed by atoms with E-state index in [-0.39, 0.29) is 12.1 Å². The number of amides is 3. The summed E-state index contributed by atoms with van der Waals surface area (Å²) in [5.41, 5.74) is 0.0858. The second kappa shape index (κ2) is 9.40. The van der Waals surface area contributed by atoms with E-state index in [2.05, 4.69) is 20.9 Å². The minimum absolute atomic E-state index is 0.139. The van der Waals surface area contributed by atoms with E-state index in [1.54, 1.807) is 24.5 Å². The average molecular weight is 362 g/mol. The number of rotatable bonds is 5. The molecule has 0 spiro atoms. The van der Waals surface area contributed by atoms with E-state index >= 15 is 0 Å². The molecule has 3 N–H and O–H groups in total. The van der Waals surface area contributed by atoms with Crippen molar-refractivity contribution >= 4 is 17.8 Å². The molecule has 0 bridgehead atoms. The molecular formula is C19H30N4O3. The Morgan fingerprint density at radius 1 is 1.27 bits per heavy atom. The van der Waals surface area contributed by atoms with Crippen LogP contribution in [0.2, 0.25) is 0 Å². The number of anilines is 1. The fourth-order valence-electron chi connectivity index (χ4n) is 3.15. The smallest absolute Gasteiger partial charge is 0.407 e. The molecule has 2 rings (SSSR count). The van der Waals surface area contributed by atoms with Crippen LogP contribution in [-0.4, -0.2) is 35.3 Å². The number of aromatic nitrogens is 1. The predicted molar refractivity (Wildman–Crippen MR) is 101 cm³/mol. The molecule has 144 valence electrons. The second-order valence-electron chi connectivity index (χ2n) is 7.73. The van der Waals surface area contributed by atoms with Crippen molar-refractivity contribution in [1.82, 2.24) is 15.6 Å². The average Bonchev–Trinajstić information content (AvgIpc) is 2.58. The first-order valence-electron chi connectivity index (χ1n) is 9.28. The maximum Gasteiger partial charge on any atom is 0.407 e. The molecule has 1 aliphatic rings. The van der Waals surface area contributed by atoms with Crippen molar-refractivity contribution in [1.29, 1.82) is 0 Å². The number of pyridine rings is 1. The van der Waals surface area contributed by atoms with Crippen molar-refractivity contribution in [3.8, 4) is 0 Å². The van der Waals surface area contributed by atoms with Crippen molar-refractivity contribution in [2.24, 2.45) is 5.92 Å². The van der Waals surface area contributed by atoms with Gasteiger partial charge in [0.25, 0.3) is 0 Å². The van der Waals surface area contributed by atoms with Crippen LogP contribution in [0.3, 0.4) is 0 Å². The number of carbonyl (C=O) groups excluding carboxylic acids is 2. The minimum Gasteiger partial charge on any atom is -0.444 e. The van der Waals surface area contributed by atoms with Gasteiger partial charge in [0, 0.05) is 12.7 Å². The zero-order chi connectivity index (χ0) is 19.0. The van der Waals surface area contributed by atoms with Gasteiger partial charge in [-0.15, -0.1) is 0 Å². The third kappa shape index (κ3) is 7.29. The summed E-state index contributed by atoms with van der Waals surface area (Å²) < 4.78 is 5.29. The molecule has 26 heavy (non-hydrogen) atoms. The fraction of sp³-hybridized carbons (Fsp3) is 0.632. The predicted octanol–water partition coefficient (Wildman–Crippen LogP) is 3.68. The summed E-state index contributed by atoms with van der Waals surface area (Å²) in [4.78, 5) is 28.3. The Hall–Kier alpha value is -2.31. The molecule has 1 atom stereocenters. The second-order valence-corrected chi connectivity index (χ2v) is 7.73. The first kappa shape index (κ1) is 20.0. The highest BCUT2D eigenvalue weighted by molar-refractivity contribution is 5.89. The van der Waals surface area contributed by atoms with Gasteiger partial charge in [-0.05, 0) is 51.7 Å². The van der Waals surface area contributed by atoms with Gasteiger partial charge in [0.15, 0.2) is 0 Å². The van der Waals surface area contributed by atoms with Gasteiger partial charge in [-0.2, -0.15) is 0 Å². The molecule has 1 aromatic heterocycles. The van der Waals surface area contributed by atoms with E-state index in [9.17, 15) is 9.59 Å². The van der Waals surface area contributed by atoms with Crippen LogP contribution in [0.5, 0.6) is 0 Å². The highest BCUT2D eigenvalue weighted by atomic mass is 16.6.